The summed E-state index contributed by atoms with van der Waals surface area (Å²) in [6.45, 7) is 14.2. The predicted octanol–water partition coefficient (Wildman–Crippen LogP) is 5.09. The van der Waals surface area contributed by atoms with Gasteiger partial charge in [0.25, 0.3) is 0 Å². The summed E-state index contributed by atoms with van der Waals surface area (Å²) < 4.78 is 11.0. The van der Waals surface area contributed by atoms with Gasteiger partial charge in [-0.1, -0.05) is 6.92 Å². The number of rotatable bonds is 7. The number of nitrogens with one attached hydrogen (secondary N) is 2. The lowest BCUT2D eigenvalue weighted by Crippen LogP contribution is -2.40. The number of amides is 3. The van der Waals surface area contributed by atoms with Gasteiger partial charge in [-0.25, -0.2) is 19.6 Å². The van der Waals surface area contributed by atoms with Gasteiger partial charge in [-0.15, -0.1) is 0 Å². The molecule has 13 heteroatoms. The molecule has 0 bridgehead atoms. The number of carbonyl (C=O) groups excluding carboxylic acids is 3. The van der Waals surface area contributed by atoms with Crippen molar-refractivity contribution in [3.05, 3.63) is 46.8 Å². The molecular formula is C33H45N7O6. The van der Waals surface area contributed by atoms with E-state index in [-0.39, 0.29) is 37.4 Å². The maximum atomic E-state index is 13.5. The van der Waals surface area contributed by atoms with Crippen LogP contribution in [-0.2, 0) is 27.2 Å². The Morgan fingerprint density at radius 2 is 1.80 bits per heavy atom. The van der Waals surface area contributed by atoms with Gasteiger partial charge < -0.3 is 29.7 Å². The number of anilines is 2. The second-order valence-electron chi connectivity index (χ2n) is 13.3. The minimum atomic E-state index is -0.733. The molecule has 248 valence electrons. The molecule has 4 heterocycles. The van der Waals surface area contributed by atoms with Crippen molar-refractivity contribution in [1.29, 1.82) is 0 Å². The Hall–Kier alpha value is -4.52. The molecule has 13 nitrogen and oxygen atoms in total. The standard InChI is InChI=1S/C33H45N7O6/c1-8-12-39(14-15-41)29(42)22-16-21-9-10-26(36-28(21)37-27(18-22)38-30(43)45-32(2,3)4)35-24-17-23-20-40(13-11-25(23)34-19-24)31(44)46-33(5,6)7/h9-10,16-17,19,41H,8,11-15,18,20H2,1-7H3,(H2,35,36,37,38,43). The van der Waals surface area contributed by atoms with Crippen molar-refractivity contribution in [2.45, 2.75) is 85.5 Å². The zero-order valence-corrected chi connectivity index (χ0v) is 27.8. The molecule has 2 aromatic rings. The monoisotopic (exact) mass is 635 g/mol. The molecule has 2 aromatic heterocycles. The number of aliphatic hydroxyl groups is 1. The minimum absolute atomic E-state index is 0.0335. The van der Waals surface area contributed by atoms with E-state index in [0.29, 0.717) is 54.5 Å². The van der Waals surface area contributed by atoms with E-state index in [4.69, 9.17) is 14.5 Å². The maximum absolute atomic E-state index is 13.5. The van der Waals surface area contributed by atoms with Crippen LogP contribution in [0.5, 0.6) is 0 Å². The lowest BCUT2D eigenvalue weighted by Gasteiger charge is -2.31. The second kappa shape index (κ2) is 14.3. The van der Waals surface area contributed by atoms with Gasteiger partial charge in [0.1, 0.15) is 22.9 Å². The third-order valence-corrected chi connectivity index (χ3v) is 6.87. The zero-order chi connectivity index (χ0) is 33.6. The first-order chi connectivity index (χ1) is 21.6. The van der Waals surface area contributed by atoms with E-state index in [9.17, 15) is 19.5 Å². The molecule has 46 heavy (non-hydrogen) atoms. The number of pyridine rings is 2. The molecule has 0 unspecified atom stereocenters. The van der Waals surface area contributed by atoms with Crippen LogP contribution in [0.3, 0.4) is 0 Å². The molecule has 0 spiro atoms. The average molecular weight is 636 g/mol. The van der Waals surface area contributed by atoms with Crippen LogP contribution in [0.1, 0.15) is 78.1 Å². The molecule has 3 amide bonds. The lowest BCUT2D eigenvalue weighted by atomic mass is 10.1. The summed E-state index contributed by atoms with van der Waals surface area (Å²) in [4.78, 5) is 56.1. The van der Waals surface area contributed by atoms with Gasteiger partial charge in [0.05, 0.1) is 25.0 Å². The Labute approximate surface area is 270 Å². The normalized spacial score (nSPS) is 14.6. The van der Waals surface area contributed by atoms with Crippen molar-refractivity contribution < 1.29 is 29.0 Å². The van der Waals surface area contributed by atoms with Gasteiger partial charge in [-0.2, -0.15) is 0 Å². The van der Waals surface area contributed by atoms with Crippen LogP contribution < -0.4 is 10.6 Å². The number of ether oxygens (including phenoxy) is 2. The zero-order valence-electron chi connectivity index (χ0n) is 27.8. The van der Waals surface area contributed by atoms with Crippen molar-refractivity contribution >= 4 is 47.3 Å². The first kappa shape index (κ1) is 34.4. The summed E-state index contributed by atoms with van der Waals surface area (Å²) >= 11 is 0. The Morgan fingerprint density at radius 3 is 2.48 bits per heavy atom. The summed E-state index contributed by atoms with van der Waals surface area (Å²) in [6.07, 6.45) is 3.75. The van der Waals surface area contributed by atoms with E-state index in [1.54, 1.807) is 55.0 Å². The number of nitrogens with zero attached hydrogens (tertiary/aromatic N) is 5. The Bertz CT molecular complexity index is 1520. The number of carbonyl (C=O) groups is 3. The van der Waals surface area contributed by atoms with Crippen molar-refractivity contribution in [2.75, 3.05) is 31.6 Å². The first-order valence-electron chi connectivity index (χ1n) is 15.6. The predicted molar refractivity (Wildman–Crippen MR) is 175 cm³/mol. The second-order valence-corrected chi connectivity index (χ2v) is 13.3. The van der Waals surface area contributed by atoms with Crippen LogP contribution in [0, 0.1) is 0 Å². The minimum Gasteiger partial charge on any atom is -0.444 e. The highest BCUT2D eigenvalue weighted by Crippen LogP contribution is 2.30. The van der Waals surface area contributed by atoms with Gasteiger partial charge in [0, 0.05) is 49.3 Å². The van der Waals surface area contributed by atoms with Gasteiger partial charge in [-0.05, 0) is 77.8 Å². The van der Waals surface area contributed by atoms with Gasteiger partial charge >= 0.3 is 12.2 Å². The van der Waals surface area contributed by atoms with Crippen LogP contribution in [-0.4, -0.2) is 86.2 Å². The molecule has 0 saturated carbocycles. The lowest BCUT2D eigenvalue weighted by molar-refractivity contribution is -0.127. The highest BCUT2D eigenvalue weighted by molar-refractivity contribution is 6.08. The van der Waals surface area contributed by atoms with E-state index in [2.05, 4.69) is 20.6 Å². The van der Waals surface area contributed by atoms with Crippen molar-refractivity contribution in [2.24, 2.45) is 4.99 Å². The summed E-state index contributed by atoms with van der Waals surface area (Å²) in [5, 5.41) is 15.5. The molecule has 0 atom stereocenters. The SMILES string of the molecule is CCCN(CCO)C(=O)C1=Cc2ccc(Nc3cnc4c(c3)CN(C(=O)OC(C)(C)C)CC4)nc2N=C(NC(=O)OC(C)(C)C)C1. The summed E-state index contributed by atoms with van der Waals surface area (Å²) in [6, 6.07) is 5.50. The highest BCUT2D eigenvalue weighted by Gasteiger charge is 2.27. The smallest absolute Gasteiger partial charge is 0.413 e. The Morgan fingerprint density at radius 1 is 1.07 bits per heavy atom. The van der Waals surface area contributed by atoms with Crippen LogP contribution in [0.4, 0.5) is 26.9 Å². The van der Waals surface area contributed by atoms with Crippen molar-refractivity contribution in [1.82, 2.24) is 25.1 Å². The number of amidine groups is 1. The average Bonchev–Trinajstić information content (AvgIpc) is 3.13. The molecule has 3 N–H and O–H groups in total. The molecule has 2 aliphatic heterocycles. The fraction of sp³-hybridized carbons (Fsp3) is 0.515. The number of alkyl carbamates (subject to hydrolysis) is 1. The number of fused-ring (bicyclic) bond motifs is 2. The molecule has 0 aromatic carbocycles. The summed E-state index contributed by atoms with van der Waals surface area (Å²) in [7, 11) is 0. The number of aliphatic hydroxyl groups excluding tert-OH is 1. The van der Waals surface area contributed by atoms with Crippen LogP contribution in [0.25, 0.3) is 6.08 Å². The largest absolute Gasteiger partial charge is 0.444 e. The van der Waals surface area contributed by atoms with E-state index in [1.165, 1.54) is 0 Å². The fourth-order valence-electron chi connectivity index (χ4n) is 4.98. The maximum Gasteiger partial charge on any atom is 0.413 e. The van der Waals surface area contributed by atoms with E-state index in [1.807, 2.05) is 33.8 Å². The third-order valence-electron chi connectivity index (χ3n) is 6.87. The number of aliphatic imine (C=N–C) groups is 1. The van der Waals surface area contributed by atoms with Crippen LogP contribution in [0.2, 0.25) is 0 Å². The molecule has 0 radical (unpaired) electrons. The third kappa shape index (κ3) is 9.49. The summed E-state index contributed by atoms with van der Waals surface area (Å²) in [5.74, 6) is 0.711. The molecule has 4 rings (SSSR count). The Kier molecular flexibility index (Phi) is 10.7. The topological polar surface area (TPSA) is 159 Å². The van der Waals surface area contributed by atoms with Gasteiger partial charge in [-0.3, -0.25) is 15.1 Å². The number of aromatic nitrogens is 2. The summed E-state index contributed by atoms with van der Waals surface area (Å²) in [5.41, 5.74) is 2.17. The first-order valence-corrected chi connectivity index (χ1v) is 15.6. The highest BCUT2D eigenvalue weighted by atomic mass is 16.6. The fourth-order valence-corrected chi connectivity index (χ4v) is 4.98. The number of hydrogen-bond acceptors (Lipinski definition) is 10. The molecular weight excluding hydrogens is 590 g/mol. The van der Waals surface area contributed by atoms with E-state index < -0.39 is 17.3 Å². The van der Waals surface area contributed by atoms with Gasteiger partial charge in [0.2, 0.25) is 5.91 Å². The van der Waals surface area contributed by atoms with Gasteiger partial charge in [0.15, 0.2) is 5.82 Å². The van der Waals surface area contributed by atoms with E-state index >= 15 is 0 Å². The molecule has 2 aliphatic rings. The molecule has 0 fully saturated rings. The van der Waals surface area contributed by atoms with Crippen LogP contribution >= 0.6 is 0 Å². The quantitative estimate of drug-likeness (QED) is 0.377. The number of hydrogen-bond donors (Lipinski definition) is 3. The Balaban J connectivity index is 1.61. The van der Waals surface area contributed by atoms with Crippen molar-refractivity contribution in [3.8, 4) is 0 Å². The van der Waals surface area contributed by atoms with E-state index in [0.717, 1.165) is 17.7 Å². The van der Waals surface area contributed by atoms with Crippen molar-refractivity contribution in [3.63, 3.8) is 0 Å². The van der Waals surface area contributed by atoms with Crippen LogP contribution in [0.15, 0.2) is 35.0 Å². The molecule has 0 aliphatic carbocycles. The molecule has 0 saturated heterocycles.